The smallest absolute Gasteiger partial charge is 0.404 e. The van der Waals surface area contributed by atoms with Gasteiger partial charge in [-0.3, -0.25) is 4.57 Å². The lowest BCUT2D eigenvalue weighted by Gasteiger charge is -2.33. The Morgan fingerprint density at radius 2 is 1.91 bits per heavy atom. The van der Waals surface area contributed by atoms with Crippen molar-refractivity contribution in [3.05, 3.63) is 71.9 Å². The molecule has 8 nitrogen and oxygen atoms in total. The third-order valence-electron chi connectivity index (χ3n) is 6.09. The maximum absolute atomic E-state index is 11.3. The van der Waals surface area contributed by atoms with Crippen LogP contribution < -0.4 is 10.6 Å². The van der Waals surface area contributed by atoms with Crippen LogP contribution in [0.5, 0.6) is 0 Å². The molecule has 8 heteroatoms. The molecule has 2 N–H and O–H groups in total. The molecule has 0 saturated carbocycles. The van der Waals surface area contributed by atoms with E-state index in [9.17, 15) is 10.1 Å². The number of fused-ring (bicyclic) bond motifs is 1. The molecule has 3 heterocycles. The van der Waals surface area contributed by atoms with E-state index in [1.165, 1.54) is 0 Å². The highest BCUT2D eigenvalue weighted by atomic mass is 16.6. The van der Waals surface area contributed by atoms with E-state index in [1.807, 2.05) is 22.8 Å². The van der Waals surface area contributed by atoms with Gasteiger partial charge in [-0.2, -0.15) is 5.26 Å². The summed E-state index contributed by atoms with van der Waals surface area (Å²) in [5.41, 5.74) is 11.3. The molecule has 1 atom stereocenters. The first-order chi connectivity index (χ1) is 16.5. The van der Waals surface area contributed by atoms with Gasteiger partial charge in [0, 0.05) is 24.0 Å². The number of nitrogens with two attached hydrogens (primary N) is 1. The van der Waals surface area contributed by atoms with Crippen molar-refractivity contribution in [1.82, 2.24) is 14.5 Å². The zero-order valence-corrected chi connectivity index (χ0v) is 18.8. The molecule has 4 aromatic rings. The second-order valence-electron chi connectivity index (χ2n) is 8.44. The van der Waals surface area contributed by atoms with Gasteiger partial charge < -0.3 is 15.4 Å². The van der Waals surface area contributed by atoms with E-state index < -0.39 is 6.09 Å². The lowest BCUT2D eigenvalue weighted by Crippen LogP contribution is -2.41. The van der Waals surface area contributed by atoms with Crippen molar-refractivity contribution < 1.29 is 9.53 Å². The van der Waals surface area contributed by atoms with Crippen LogP contribution in [0.2, 0.25) is 0 Å². The molecule has 5 rings (SSSR count). The molecule has 1 saturated heterocycles. The molecular formula is C26H24N6O2. The Bertz CT molecular complexity index is 1390. The summed E-state index contributed by atoms with van der Waals surface area (Å²) in [4.78, 5) is 23.2. The lowest BCUT2D eigenvalue weighted by atomic mass is 10.1. The Morgan fingerprint density at radius 1 is 1.15 bits per heavy atom. The molecule has 0 aliphatic carbocycles. The summed E-state index contributed by atoms with van der Waals surface area (Å²) >= 11 is 0. The first-order valence-electron chi connectivity index (χ1n) is 11.2. The summed E-state index contributed by atoms with van der Waals surface area (Å²) in [6, 6.07) is 19.7. The zero-order chi connectivity index (χ0) is 23.7. The van der Waals surface area contributed by atoms with Gasteiger partial charge >= 0.3 is 6.09 Å². The van der Waals surface area contributed by atoms with Crippen LogP contribution in [0.3, 0.4) is 0 Å². The van der Waals surface area contributed by atoms with Crippen LogP contribution in [-0.4, -0.2) is 39.8 Å². The van der Waals surface area contributed by atoms with Gasteiger partial charge in [0.1, 0.15) is 17.4 Å². The number of carbonyl (C=O) groups is 1. The van der Waals surface area contributed by atoms with Crippen LogP contribution >= 0.6 is 0 Å². The molecule has 170 valence electrons. The lowest BCUT2D eigenvalue weighted by molar-refractivity contribution is 0.0966. The fraction of sp³-hybridized carbons (Fsp3) is 0.231. The molecule has 0 bridgehead atoms. The summed E-state index contributed by atoms with van der Waals surface area (Å²) in [5.74, 6) is 0.741. The third kappa shape index (κ3) is 4.04. The predicted molar refractivity (Wildman–Crippen MR) is 130 cm³/mol. The second-order valence-corrected chi connectivity index (χ2v) is 8.44. The van der Waals surface area contributed by atoms with Crippen molar-refractivity contribution in [3.8, 4) is 23.1 Å². The molecule has 2 aromatic heterocycles. The fourth-order valence-corrected chi connectivity index (χ4v) is 4.46. The van der Waals surface area contributed by atoms with Crippen LogP contribution in [-0.2, 0) is 4.74 Å². The number of anilines is 1. The SMILES string of the molecule is Cc1ccc(-n2c(-c3ccc(C#N)cc3)nc3c(N4CCC[C@@H](OC(N)=O)C4)ccnc32)cc1. The van der Waals surface area contributed by atoms with E-state index in [4.69, 9.17) is 20.4 Å². The van der Waals surface area contributed by atoms with Crippen molar-refractivity contribution in [1.29, 1.82) is 5.26 Å². The highest BCUT2D eigenvalue weighted by Crippen LogP contribution is 2.34. The highest BCUT2D eigenvalue weighted by Gasteiger charge is 2.26. The Morgan fingerprint density at radius 3 is 2.62 bits per heavy atom. The minimum Gasteiger partial charge on any atom is -0.445 e. The number of nitriles is 1. The quantitative estimate of drug-likeness (QED) is 0.493. The van der Waals surface area contributed by atoms with Gasteiger partial charge in [0.25, 0.3) is 0 Å². The van der Waals surface area contributed by atoms with Gasteiger partial charge in [0.2, 0.25) is 0 Å². The molecule has 1 aliphatic rings. The number of imidazole rings is 1. The minimum absolute atomic E-state index is 0.258. The predicted octanol–water partition coefficient (Wildman–Crippen LogP) is 4.33. The zero-order valence-electron chi connectivity index (χ0n) is 18.8. The van der Waals surface area contributed by atoms with E-state index in [0.717, 1.165) is 58.9 Å². The highest BCUT2D eigenvalue weighted by molar-refractivity contribution is 5.90. The van der Waals surface area contributed by atoms with Crippen LogP contribution in [0, 0.1) is 18.3 Å². The summed E-state index contributed by atoms with van der Waals surface area (Å²) in [6.07, 6.45) is 2.43. The molecule has 34 heavy (non-hydrogen) atoms. The van der Waals surface area contributed by atoms with E-state index >= 15 is 0 Å². The van der Waals surface area contributed by atoms with Crippen LogP contribution in [0.15, 0.2) is 60.8 Å². The van der Waals surface area contributed by atoms with Crippen LogP contribution in [0.25, 0.3) is 28.2 Å². The first kappa shape index (κ1) is 21.5. The Hall–Kier alpha value is -4.38. The molecule has 0 spiro atoms. The summed E-state index contributed by atoms with van der Waals surface area (Å²) in [5, 5.41) is 9.20. The normalized spacial score (nSPS) is 15.8. The van der Waals surface area contributed by atoms with E-state index in [1.54, 1.807) is 18.3 Å². The molecule has 1 amide bonds. The van der Waals surface area contributed by atoms with Crippen molar-refractivity contribution >= 4 is 22.9 Å². The standard InChI is InChI=1S/C26H24N6O2/c1-17-4-10-20(11-5-17)32-24(19-8-6-18(15-27)7-9-19)30-23-22(12-13-29-25(23)32)31-14-2-3-21(16-31)34-26(28)33/h4-13,21H,2-3,14,16H2,1H3,(H2,28,33)/t21-/m1/s1. The van der Waals surface area contributed by atoms with Crippen LogP contribution in [0.1, 0.15) is 24.0 Å². The number of primary amides is 1. The molecule has 2 aromatic carbocycles. The van der Waals surface area contributed by atoms with Crippen molar-refractivity contribution in [2.45, 2.75) is 25.9 Å². The molecule has 0 radical (unpaired) electrons. The number of hydrogen-bond donors (Lipinski definition) is 1. The summed E-state index contributed by atoms with van der Waals surface area (Å²) < 4.78 is 7.33. The topological polar surface area (TPSA) is 110 Å². The number of aromatic nitrogens is 3. The van der Waals surface area contributed by atoms with E-state index in [-0.39, 0.29) is 6.10 Å². The number of hydrogen-bond acceptors (Lipinski definition) is 6. The Balaban J connectivity index is 1.66. The number of benzene rings is 2. The largest absolute Gasteiger partial charge is 0.445 e. The van der Waals surface area contributed by atoms with E-state index in [0.29, 0.717) is 12.1 Å². The first-order valence-corrected chi connectivity index (χ1v) is 11.2. The molecule has 0 unspecified atom stereocenters. The number of aryl methyl sites for hydroxylation is 1. The van der Waals surface area contributed by atoms with Crippen molar-refractivity contribution in [2.24, 2.45) is 5.73 Å². The summed E-state index contributed by atoms with van der Waals surface area (Å²) in [7, 11) is 0. The van der Waals surface area contributed by atoms with Gasteiger partial charge in [-0.25, -0.2) is 14.8 Å². The average molecular weight is 453 g/mol. The summed E-state index contributed by atoms with van der Waals surface area (Å²) in [6.45, 7) is 3.42. The molecule has 1 fully saturated rings. The monoisotopic (exact) mass is 452 g/mol. The number of piperidine rings is 1. The van der Waals surface area contributed by atoms with Gasteiger partial charge in [-0.1, -0.05) is 17.7 Å². The van der Waals surface area contributed by atoms with Gasteiger partial charge in [0.15, 0.2) is 5.65 Å². The molecule has 1 aliphatic heterocycles. The van der Waals surface area contributed by atoms with Gasteiger partial charge in [-0.05, 0) is 62.2 Å². The van der Waals surface area contributed by atoms with Gasteiger partial charge in [-0.15, -0.1) is 0 Å². The number of ether oxygens (including phenoxy) is 1. The van der Waals surface area contributed by atoms with Crippen molar-refractivity contribution in [2.75, 3.05) is 18.0 Å². The van der Waals surface area contributed by atoms with Crippen molar-refractivity contribution in [3.63, 3.8) is 0 Å². The van der Waals surface area contributed by atoms with Gasteiger partial charge in [0.05, 0.1) is 23.9 Å². The number of pyridine rings is 1. The molecular weight excluding hydrogens is 428 g/mol. The fourth-order valence-electron chi connectivity index (χ4n) is 4.46. The third-order valence-corrected chi connectivity index (χ3v) is 6.09. The van der Waals surface area contributed by atoms with E-state index in [2.05, 4.69) is 42.2 Å². The second kappa shape index (κ2) is 8.87. The number of nitrogens with zero attached hydrogens (tertiary/aromatic N) is 5. The number of carbonyl (C=O) groups excluding carboxylic acids is 1. The maximum atomic E-state index is 11.3. The van der Waals surface area contributed by atoms with Crippen LogP contribution in [0.4, 0.5) is 10.5 Å². The average Bonchev–Trinajstić information content (AvgIpc) is 3.24. The maximum Gasteiger partial charge on any atom is 0.404 e. The Kier molecular flexibility index (Phi) is 5.60. The minimum atomic E-state index is -0.751. The number of amides is 1. The number of rotatable bonds is 4. The Labute approximate surface area is 197 Å².